The Hall–Kier alpha value is -1.71. The Morgan fingerprint density at radius 3 is 3.00 bits per heavy atom. The van der Waals surface area contributed by atoms with E-state index in [0.717, 1.165) is 18.7 Å². The molecule has 18 heavy (non-hydrogen) atoms. The number of amides is 2. The van der Waals surface area contributed by atoms with Crippen LogP contribution in [0.15, 0.2) is 18.2 Å². The molecule has 4 nitrogen and oxygen atoms in total. The van der Waals surface area contributed by atoms with Gasteiger partial charge in [-0.3, -0.25) is 4.90 Å². The maximum Gasteiger partial charge on any atom is 0.321 e. The molecule has 0 aliphatic carbocycles. The van der Waals surface area contributed by atoms with Gasteiger partial charge in [-0.1, -0.05) is 6.07 Å². The van der Waals surface area contributed by atoms with Gasteiger partial charge in [0.15, 0.2) is 0 Å². The Bertz CT molecular complexity index is 431. The van der Waals surface area contributed by atoms with Gasteiger partial charge in [-0.15, -0.1) is 0 Å². The summed E-state index contributed by atoms with van der Waals surface area (Å²) < 4.78 is 0. The highest BCUT2D eigenvalue weighted by Gasteiger charge is 2.14. The van der Waals surface area contributed by atoms with E-state index in [9.17, 15) is 4.79 Å². The number of benzene rings is 1. The number of rotatable bonds is 2. The minimum Gasteiger partial charge on any atom is -0.385 e. The summed E-state index contributed by atoms with van der Waals surface area (Å²) in [5.74, 6) is 0. The predicted molar refractivity (Wildman–Crippen MR) is 75.3 cm³/mol. The van der Waals surface area contributed by atoms with Gasteiger partial charge in [0.05, 0.1) is 0 Å². The van der Waals surface area contributed by atoms with Gasteiger partial charge < -0.3 is 10.6 Å². The summed E-state index contributed by atoms with van der Waals surface area (Å²) >= 11 is 0. The Morgan fingerprint density at radius 1 is 1.44 bits per heavy atom. The summed E-state index contributed by atoms with van der Waals surface area (Å²) in [6, 6.07) is 6.18. The number of carbonyl (C=O) groups excluding carboxylic acids is 1. The fourth-order valence-corrected chi connectivity index (χ4v) is 2.36. The summed E-state index contributed by atoms with van der Waals surface area (Å²) in [6.07, 6.45) is 3.55. The van der Waals surface area contributed by atoms with E-state index < -0.39 is 0 Å². The zero-order chi connectivity index (χ0) is 13.0. The third kappa shape index (κ3) is 2.58. The first-order chi connectivity index (χ1) is 8.76. The highest BCUT2D eigenvalue weighted by molar-refractivity contribution is 5.92. The van der Waals surface area contributed by atoms with E-state index in [1.54, 1.807) is 11.9 Å². The van der Waals surface area contributed by atoms with Crippen molar-refractivity contribution in [2.24, 2.45) is 0 Å². The Kier molecular flexibility index (Phi) is 4.07. The van der Waals surface area contributed by atoms with Crippen LogP contribution in [-0.2, 0) is 6.42 Å². The smallest absolute Gasteiger partial charge is 0.321 e. The van der Waals surface area contributed by atoms with Crippen LogP contribution in [0.3, 0.4) is 0 Å². The molecule has 0 saturated carbocycles. The van der Waals surface area contributed by atoms with Crippen LogP contribution in [0.1, 0.15) is 25.3 Å². The van der Waals surface area contributed by atoms with E-state index in [2.05, 4.69) is 22.8 Å². The second-order valence-electron chi connectivity index (χ2n) is 4.52. The van der Waals surface area contributed by atoms with Gasteiger partial charge in [0, 0.05) is 31.5 Å². The molecule has 0 radical (unpaired) electrons. The van der Waals surface area contributed by atoms with E-state index in [0.29, 0.717) is 6.54 Å². The number of nitrogens with zero attached hydrogens (tertiary/aromatic N) is 1. The number of hydrogen-bond donors (Lipinski definition) is 2. The molecule has 4 heteroatoms. The highest BCUT2D eigenvalue weighted by Crippen LogP contribution is 2.27. The zero-order valence-corrected chi connectivity index (χ0v) is 11.1. The fraction of sp³-hybridized carbons (Fsp3) is 0.500. The second-order valence-corrected chi connectivity index (χ2v) is 4.52. The lowest BCUT2D eigenvalue weighted by Crippen LogP contribution is -2.37. The fourth-order valence-electron chi connectivity index (χ4n) is 2.36. The number of urea groups is 1. The van der Waals surface area contributed by atoms with Crippen molar-refractivity contribution in [2.75, 3.05) is 30.4 Å². The average Bonchev–Trinajstić information content (AvgIpc) is 2.64. The summed E-state index contributed by atoms with van der Waals surface area (Å²) in [5, 5.41) is 6.12. The highest BCUT2D eigenvalue weighted by atomic mass is 16.2. The molecular formula is C14H21N3O. The molecule has 0 fully saturated rings. The average molecular weight is 247 g/mol. The van der Waals surface area contributed by atoms with Gasteiger partial charge in [-0.05, 0) is 43.9 Å². The summed E-state index contributed by atoms with van der Waals surface area (Å²) in [7, 11) is 1.66. The lowest BCUT2D eigenvalue weighted by atomic mass is 10.1. The molecule has 0 aromatic heterocycles. The molecule has 0 spiro atoms. The van der Waals surface area contributed by atoms with Crippen molar-refractivity contribution in [3.63, 3.8) is 0 Å². The van der Waals surface area contributed by atoms with Crippen molar-refractivity contribution in [1.82, 2.24) is 5.32 Å². The lowest BCUT2D eigenvalue weighted by Gasteiger charge is -2.22. The molecule has 1 aromatic carbocycles. The molecule has 2 rings (SSSR count). The summed E-state index contributed by atoms with van der Waals surface area (Å²) in [6.45, 7) is 3.66. The van der Waals surface area contributed by atoms with Crippen LogP contribution in [0, 0.1) is 0 Å². The second kappa shape index (κ2) is 5.76. The van der Waals surface area contributed by atoms with E-state index in [1.807, 2.05) is 13.0 Å². The third-order valence-electron chi connectivity index (χ3n) is 3.37. The Balaban J connectivity index is 2.29. The van der Waals surface area contributed by atoms with Crippen molar-refractivity contribution in [2.45, 2.75) is 26.2 Å². The first-order valence-corrected chi connectivity index (χ1v) is 6.62. The van der Waals surface area contributed by atoms with Crippen LogP contribution in [0.5, 0.6) is 0 Å². The lowest BCUT2D eigenvalue weighted by molar-refractivity contribution is 0.248. The first kappa shape index (κ1) is 12.7. The van der Waals surface area contributed by atoms with Crippen molar-refractivity contribution < 1.29 is 4.79 Å². The van der Waals surface area contributed by atoms with Crippen LogP contribution in [-0.4, -0.2) is 26.2 Å². The van der Waals surface area contributed by atoms with Crippen molar-refractivity contribution >= 4 is 17.4 Å². The molecule has 2 N–H and O–H groups in total. The van der Waals surface area contributed by atoms with Crippen LogP contribution < -0.4 is 15.5 Å². The quantitative estimate of drug-likeness (QED) is 0.843. The predicted octanol–water partition coefficient (Wildman–Crippen LogP) is 2.60. The monoisotopic (exact) mass is 247 g/mol. The van der Waals surface area contributed by atoms with Gasteiger partial charge in [0.1, 0.15) is 0 Å². The third-order valence-corrected chi connectivity index (χ3v) is 3.37. The minimum atomic E-state index is -0.0638. The van der Waals surface area contributed by atoms with Crippen molar-refractivity contribution in [1.29, 1.82) is 0 Å². The molecule has 1 aromatic rings. The number of anilines is 2. The molecule has 98 valence electrons. The number of aryl methyl sites for hydroxylation is 1. The first-order valence-electron chi connectivity index (χ1n) is 6.62. The van der Waals surface area contributed by atoms with Gasteiger partial charge in [0.2, 0.25) is 0 Å². The van der Waals surface area contributed by atoms with Gasteiger partial charge in [-0.2, -0.15) is 0 Å². The molecule has 0 atom stereocenters. The number of carbonyl (C=O) groups is 1. The largest absolute Gasteiger partial charge is 0.385 e. The molecular weight excluding hydrogens is 226 g/mol. The van der Waals surface area contributed by atoms with Crippen LogP contribution in [0.25, 0.3) is 0 Å². The molecule has 0 bridgehead atoms. The normalized spacial score (nSPS) is 14.1. The Morgan fingerprint density at radius 2 is 2.28 bits per heavy atom. The molecule has 1 aliphatic rings. The minimum absolute atomic E-state index is 0.0638. The zero-order valence-electron chi connectivity index (χ0n) is 11.1. The topological polar surface area (TPSA) is 44.4 Å². The summed E-state index contributed by atoms with van der Waals surface area (Å²) in [4.78, 5) is 13.5. The van der Waals surface area contributed by atoms with E-state index in [-0.39, 0.29) is 6.03 Å². The standard InChI is InChI=1S/C14H21N3O/c1-3-17(14(18)15-2)12-8-7-11-6-4-5-9-16-13(11)10-12/h7-8,10,16H,3-6,9H2,1-2H3,(H,15,18). The van der Waals surface area contributed by atoms with Crippen molar-refractivity contribution in [3.8, 4) is 0 Å². The van der Waals surface area contributed by atoms with E-state index in [1.165, 1.54) is 24.1 Å². The molecule has 2 amide bonds. The number of hydrogen-bond acceptors (Lipinski definition) is 2. The molecule has 0 unspecified atom stereocenters. The van der Waals surface area contributed by atoms with Crippen LogP contribution in [0.2, 0.25) is 0 Å². The Labute approximate surface area is 108 Å². The maximum atomic E-state index is 11.8. The molecule has 1 heterocycles. The van der Waals surface area contributed by atoms with E-state index in [4.69, 9.17) is 0 Å². The molecule has 1 aliphatic heterocycles. The van der Waals surface area contributed by atoms with Gasteiger partial charge in [0.25, 0.3) is 0 Å². The number of nitrogens with one attached hydrogen (secondary N) is 2. The van der Waals surface area contributed by atoms with Crippen molar-refractivity contribution in [3.05, 3.63) is 23.8 Å². The number of fused-ring (bicyclic) bond motifs is 1. The van der Waals surface area contributed by atoms with Gasteiger partial charge in [-0.25, -0.2) is 4.79 Å². The maximum absolute atomic E-state index is 11.8. The van der Waals surface area contributed by atoms with Gasteiger partial charge >= 0.3 is 6.03 Å². The van der Waals surface area contributed by atoms with Crippen LogP contribution >= 0.6 is 0 Å². The molecule has 0 saturated heterocycles. The SMILES string of the molecule is CCN(C(=O)NC)c1ccc2c(c1)NCCCC2. The van der Waals surface area contributed by atoms with E-state index >= 15 is 0 Å². The summed E-state index contributed by atoms with van der Waals surface area (Å²) in [5.41, 5.74) is 3.47. The van der Waals surface area contributed by atoms with Crippen LogP contribution in [0.4, 0.5) is 16.2 Å².